The number of rotatable bonds is 6. The lowest BCUT2D eigenvalue weighted by Gasteiger charge is -2.33. The molecule has 2 saturated heterocycles. The van der Waals surface area contributed by atoms with E-state index in [0.29, 0.717) is 5.84 Å². The van der Waals surface area contributed by atoms with Gasteiger partial charge in [0, 0.05) is 26.7 Å². The largest absolute Gasteiger partial charge is 0.401 e. The Morgan fingerprint density at radius 2 is 1.94 bits per heavy atom. The number of amides is 3. The highest BCUT2D eigenvalue weighted by atomic mass is 16.5. The first-order valence-corrected chi connectivity index (χ1v) is 11.6. The van der Waals surface area contributed by atoms with Gasteiger partial charge in [-0.15, -0.1) is 0 Å². The summed E-state index contributed by atoms with van der Waals surface area (Å²) in [6, 6.07) is 6.96. The minimum Gasteiger partial charge on any atom is -0.379 e. The number of imidazole rings is 1. The van der Waals surface area contributed by atoms with E-state index in [2.05, 4.69) is 9.47 Å². The number of nitrogens with zero attached hydrogens (tertiary/aromatic N) is 6. The van der Waals surface area contributed by atoms with Gasteiger partial charge in [0.15, 0.2) is 0 Å². The van der Waals surface area contributed by atoms with Crippen LogP contribution in [0.15, 0.2) is 35.5 Å². The molecule has 1 atom stereocenters. The molecule has 0 radical (unpaired) electrons. The fourth-order valence-corrected chi connectivity index (χ4v) is 4.92. The summed E-state index contributed by atoms with van der Waals surface area (Å²) in [6.45, 7) is 9.65. The van der Waals surface area contributed by atoms with Crippen molar-refractivity contribution in [2.24, 2.45) is 4.99 Å². The lowest BCUT2D eigenvalue weighted by molar-refractivity contribution is -0.677. The first-order valence-electron chi connectivity index (χ1n) is 11.6. The van der Waals surface area contributed by atoms with Crippen LogP contribution in [0.3, 0.4) is 0 Å². The first-order chi connectivity index (χ1) is 15.9. The second-order valence-electron chi connectivity index (χ2n) is 9.06. The summed E-state index contributed by atoms with van der Waals surface area (Å²) in [5.41, 5.74) is 3.10. The van der Waals surface area contributed by atoms with Crippen LogP contribution in [0.2, 0.25) is 0 Å². The van der Waals surface area contributed by atoms with Crippen LogP contribution in [-0.2, 0) is 22.6 Å². The molecular formula is C24H31N6O3+. The second-order valence-corrected chi connectivity index (χ2v) is 9.06. The molecule has 2 fully saturated rings. The lowest BCUT2D eigenvalue weighted by atomic mass is 10.1. The van der Waals surface area contributed by atoms with E-state index in [9.17, 15) is 9.59 Å². The summed E-state index contributed by atoms with van der Waals surface area (Å²) in [5, 5.41) is 0. The normalized spacial score (nSPS) is 20.8. The van der Waals surface area contributed by atoms with Gasteiger partial charge in [-0.1, -0.05) is 34.8 Å². The first kappa shape index (κ1) is 21.8. The van der Waals surface area contributed by atoms with Crippen LogP contribution in [0, 0.1) is 13.8 Å². The van der Waals surface area contributed by atoms with Crippen molar-refractivity contribution in [2.75, 3.05) is 39.9 Å². The van der Waals surface area contributed by atoms with Gasteiger partial charge in [-0.2, -0.15) is 0 Å². The van der Waals surface area contributed by atoms with E-state index < -0.39 is 6.04 Å². The molecular weight excluding hydrogens is 420 g/mol. The second kappa shape index (κ2) is 8.72. The number of hydrogen-bond donors (Lipinski definition) is 0. The highest BCUT2D eigenvalue weighted by molar-refractivity contribution is 6.19. The van der Waals surface area contributed by atoms with Crippen LogP contribution in [-0.4, -0.2) is 76.9 Å². The smallest absolute Gasteiger partial charge is 0.379 e. The molecule has 174 valence electrons. The Balaban J connectivity index is 1.37. The average Bonchev–Trinajstić information content (AvgIpc) is 3.31. The number of fused-ring (bicyclic) bond motifs is 3. The van der Waals surface area contributed by atoms with Gasteiger partial charge in [0.05, 0.1) is 26.3 Å². The van der Waals surface area contributed by atoms with E-state index in [0.717, 1.165) is 68.6 Å². The van der Waals surface area contributed by atoms with E-state index in [1.165, 1.54) is 9.80 Å². The topological polar surface area (TPSA) is 74.3 Å². The van der Waals surface area contributed by atoms with E-state index in [4.69, 9.17) is 9.73 Å². The van der Waals surface area contributed by atoms with Crippen molar-refractivity contribution in [1.29, 1.82) is 0 Å². The maximum Gasteiger partial charge on any atom is 0.401 e. The molecule has 1 aromatic heterocycles. The predicted molar refractivity (Wildman–Crippen MR) is 122 cm³/mol. The van der Waals surface area contributed by atoms with Crippen molar-refractivity contribution in [3.63, 3.8) is 0 Å². The fourth-order valence-electron chi connectivity index (χ4n) is 4.92. The third kappa shape index (κ3) is 3.95. The molecule has 3 aliphatic rings. The highest BCUT2D eigenvalue weighted by Crippen LogP contribution is 2.30. The number of carbonyl (C=O) groups excluding carboxylic acids is 2. The molecule has 3 amide bonds. The minimum atomic E-state index is -0.605. The summed E-state index contributed by atoms with van der Waals surface area (Å²) in [5.74, 6) is 1.01. The van der Waals surface area contributed by atoms with Crippen LogP contribution in [0.25, 0.3) is 0 Å². The number of morpholine rings is 1. The van der Waals surface area contributed by atoms with E-state index in [1.54, 1.807) is 7.05 Å². The number of urea groups is 1. The Hall–Kier alpha value is -3.04. The molecule has 1 unspecified atom stereocenters. The van der Waals surface area contributed by atoms with Gasteiger partial charge >= 0.3 is 12.0 Å². The van der Waals surface area contributed by atoms with Crippen LogP contribution in [0.4, 0.5) is 10.7 Å². The van der Waals surface area contributed by atoms with Crippen LogP contribution in [0.5, 0.6) is 0 Å². The Morgan fingerprint density at radius 3 is 2.70 bits per heavy atom. The molecule has 0 spiro atoms. The third-order valence-corrected chi connectivity index (χ3v) is 6.71. The number of ether oxygens (including phenoxy) is 1. The minimum absolute atomic E-state index is 0.229. The Morgan fingerprint density at radius 1 is 1.15 bits per heavy atom. The van der Waals surface area contributed by atoms with Crippen LogP contribution >= 0.6 is 0 Å². The van der Waals surface area contributed by atoms with Gasteiger partial charge in [0.25, 0.3) is 5.91 Å². The number of likely N-dealkylation sites (N-methyl/N-ethyl adjacent to an activating group) is 1. The van der Waals surface area contributed by atoms with Gasteiger partial charge in [0.1, 0.15) is 11.9 Å². The summed E-state index contributed by atoms with van der Waals surface area (Å²) in [6.07, 6.45) is 2.97. The Bertz CT molecular complexity index is 1120. The molecule has 9 heteroatoms. The summed E-state index contributed by atoms with van der Waals surface area (Å²) < 4.78 is 9.51. The van der Waals surface area contributed by atoms with Gasteiger partial charge in [-0.3, -0.25) is 19.5 Å². The molecule has 0 N–H and O–H groups in total. The Kier molecular flexibility index (Phi) is 5.76. The zero-order valence-electron chi connectivity index (χ0n) is 19.5. The summed E-state index contributed by atoms with van der Waals surface area (Å²) in [7, 11) is 1.70. The van der Waals surface area contributed by atoms with Crippen molar-refractivity contribution in [3.05, 3.63) is 47.3 Å². The lowest BCUT2D eigenvalue weighted by Crippen LogP contribution is -2.62. The number of carbonyl (C=O) groups is 2. The van der Waals surface area contributed by atoms with Crippen molar-refractivity contribution >= 4 is 23.7 Å². The molecule has 3 aliphatic heterocycles. The summed E-state index contributed by atoms with van der Waals surface area (Å²) in [4.78, 5) is 36.6. The molecule has 0 bridgehead atoms. The predicted octanol–water partition coefficient (Wildman–Crippen LogP) is 1.79. The number of aryl methyl sites for hydroxylation is 2. The number of aromatic nitrogens is 2. The standard InChI is InChI=1S/C24H31N6O3/c1-17-6-4-7-19(14-17)16-30-22(31)20-21(26(3)24(30)32)25-23-28(18(2)15-29(20)23)9-5-8-27-10-12-33-13-11-27/h4,6-7,14-15,20H,5,8-13,16H2,1-3H3/q+1. The van der Waals surface area contributed by atoms with E-state index in [-0.39, 0.29) is 18.5 Å². The highest BCUT2D eigenvalue weighted by Gasteiger charge is 2.53. The summed E-state index contributed by atoms with van der Waals surface area (Å²) >= 11 is 0. The number of hydrogen-bond acceptors (Lipinski definition) is 5. The fraction of sp³-hybridized carbons (Fsp3) is 0.500. The number of amidine groups is 1. The Labute approximate surface area is 193 Å². The third-order valence-electron chi connectivity index (χ3n) is 6.71. The zero-order chi connectivity index (χ0) is 23.1. The quantitative estimate of drug-likeness (QED) is 0.628. The van der Waals surface area contributed by atoms with Gasteiger partial charge < -0.3 is 4.74 Å². The molecule has 0 aliphatic carbocycles. The van der Waals surface area contributed by atoms with E-state index in [1.807, 2.05) is 48.9 Å². The number of aliphatic imine (C=N–C) groups is 1. The number of benzene rings is 1. The van der Waals surface area contributed by atoms with Crippen LogP contribution in [0.1, 0.15) is 29.3 Å². The molecule has 2 aromatic rings. The van der Waals surface area contributed by atoms with Crippen molar-refractivity contribution in [1.82, 2.24) is 19.3 Å². The van der Waals surface area contributed by atoms with Crippen molar-refractivity contribution in [2.45, 2.75) is 39.4 Å². The molecule has 4 heterocycles. The maximum atomic E-state index is 13.5. The SMILES string of the molecule is Cc1cccc(CN2C(=O)C3C(=Nc4n(CCCN5CCOCC5)c(C)c[n+]43)N(C)C2=O)c1. The van der Waals surface area contributed by atoms with Gasteiger partial charge in [-0.25, -0.2) is 13.9 Å². The average molecular weight is 452 g/mol. The number of imide groups is 1. The van der Waals surface area contributed by atoms with Gasteiger partial charge in [0.2, 0.25) is 11.9 Å². The van der Waals surface area contributed by atoms with Crippen LogP contribution < -0.4 is 4.57 Å². The van der Waals surface area contributed by atoms with Crippen molar-refractivity contribution in [3.8, 4) is 0 Å². The molecule has 5 rings (SSSR count). The molecule has 9 nitrogen and oxygen atoms in total. The molecule has 1 aromatic carbocycles. The maximum absolute atomic E-state index is 13.5. The zero-order valence-corrected chi connectivity index (χ0v) is 19.5. The van der Waals surface area contributed by atoms with Crippen molar-refractivity contribution < 1.29 is 18.9 Å². The molecule has 33 heavy (non-hydrogen) atoms. The monoisotopic (exact) mass is 451 g/mol. The molecule has 0 saturated carbocycles. The van der Waals surface area contributed by atoms with Gasteiger partial charge in [-0.05, 0) is 25.8 Å². The van der Waals surface area contributed by atoms with E-state index >= 15 is 0 Å².